The van der Waals surface area contributed by atoms with Crippen molar-refractivity contribution in [3.63, 3.8) is 0 Å². The maximum atomic E-state index is 9.08. The van der Waals surface area contributed by atoms with Crippen LogP contribution in [0.1, 0.15) is 36.6 Å². The van der Waals surface area contributed by atoms with Gasteiger partial charge in [-0.1, -0.05) is 0 Å². The number of nitrogens with one attached hydrogen (secondary N) is 1. The highest BCUT2D eigenvalue weighted by molar-refractivity contribution is 5.42. The van der Waals surface area contributed by atoms with Crippen LogP contribution in [0.4, 0.5) is 0 Å². The number of nitriles is 1. The van der Waals surface area contributed by atoms with Gasteiger partial charge >= 0.3 is 0 Å². The fraction of sp³-hybridized carbons (Fsp3) is 0.667. The van der Waals surface area contributed by atoms with E-state index < -0.39 is 0 Å². The molecule has 0 aromatic carbocycles. The minimum absolute atomic E-state index is 0.109. The predicted molar refractivity (Wildman–Crippen MR) is 90.8 cm³/mol. The number of pyridine rings is 1. The second kappa shape index (κ2) is 7.47. The summed E-state index contributed by atoms with van der Waals surface area (Å²) in [6, 6.07) is 3.91. The summed E-state index contributed by atoms with van der Waals surface area (Å²) in [5, 5.41) is 12.6. The van der Waals surface area contributed by atoms with Crippen LogP contribution >= 0.6 is 0 Å². The van der Waals surface area contributed by atoms with Crippen molar-refractivity contribution in [3.05, 3.63) is 23.5 Å². The molecule has 1 unspecified atom stereocenters. The molecule has 1 aromatic rings. The second-order valence-electron chi connectivity index (χ2n) is 6.87. The fourth-order valence-electron chi connectivity index (χ4n) is 3.84. The standard InChI is InChI=1S/C18H26N4O2/c1-23-16-9-15(21-11-14(16)10-19)17(24-2)12-22-7-4-18(5-8-22)3-6-20-13-18/h9,11,17,20H,3-8,12-13H2,1-2H3. The molecule has 2 aliphatic heterocycles. The van der Waals surface area contributed by atoms with Crippen molar-refractivity contribution in [1.29, 1.82) is 5.26 Å². The molecule has 0 radical (unpaired) electrons. The lowest BCUT2D eigenvalue weighted by Gasteiger charge is -2.39. The van der Waals surface area contributed by atoms with E-state index in [1.165, 1.54) is 25.8 Å². The Kier molecular flexibility index (Phi) is 5.34. The van der Waals surface area contributed by atoms with E-state index in [9.17, 15) is 0 Å². The second-order valence-corrected chi connectivity index (χ2v) is 6.87. The Bertz CT molecular complexity index is 598. The zero-order valence-corrected chi connectivity index (χ0v) is 14.5. The van der Waals surface area contributed by atoms with Gasteiger partial charge in [0.25, 0.3) is 0 Å². The monoisotopic (exact) mass is 330 g/mol. The van der Waals surface area contributed by atoms with Gasteiger partial charge < -0.3 is 19.7 Å². The van der Waals surface area contributed by atoms with Crippen LogP contribution in [0.2, 0.25) is 0 Å². The summed E-state index contributed by atoms with van der Waals surface area (Å²) >= 11 is 0. The van der Waals surface area contributed by atoms with Gasteiger partial charge in [-0.05, 0) is 44.3 Å². The SMILES string of the molecule is COc1cc(C(CN2CCC3(CCNC3)CC2)OC)ncc1C#N. The van der Waals surface area contributed by atoms with Gasteiger partial charge in [-0.3, -0.25) is 4.98 Å². The Labute approximate surface area is 143 Å². The van der Waals surface area contributed by atoms with Crippen LogP contribution in [0.5, 0.6) is 5.75 Å². The van der Waals surface area contributed by atoms with E-state index in [-0.39, 0.29) is 6.10 Å². The van der Waals surface area contributed by atoms with Crippen LogP contribution in [0, 0.1) is 16.7 Å². The molecule has 6 nitrogen and oxygen atoms in total. The zero-order valence-electron chi connectivity index (χ0n) is 14.5. The van der Waals surface area contributed by atoms with Gasteiger partial charge in [-0.15, -0.1) is 0 Å². The maximum absolute atomic E-state index is 9.08. The molecular weight excluding hydrogens is 304 g/mol. The van der Waals surface area contributed by atoms with Crippen LogP contribution in [0.25, 0.3) is 0 Å². The molecule has 1 atom stereocenters. The molecule has 3 rings (SSSR count). The van der Waals surface area contributed by atoms with Crippen molar-refractivity contribution in [2.45, 2.75) is 25.4 Å². The summed E-state index contributed by atoms with van der Waals surface area (Å²) in [5.74, 6) is 0.555. The highest BCUT2D eigenvalue weighted by Gasteiger charge is 2.37. The topological polar surface area (TPSA) is 70.4 Å². The van der Waals surface area contributed by atoms with Crippen molar-refractivity contribution in [3.8, 4) is 11.8 Å². The lowest BCUT2D eigenvalue weighted by atomic mass is 9.78. The number of piperidine rings is 1. The lowest BCUT2D eigenvalue weighted by Crippen LogP contribution is -2.43. The first kappa shape index (κ1) is 17.2. The Hall–Kier alpha value is -1.68. The molecule has 2 saturated heterocycles. The van der Waals surface area contributed by atoms with Crippen molar-refractivity contribution in [1.82, 2.24) is 15.2 Å². The number of hydrogen-bond acceptors (Lipinski definition) is 6. The van der Waals surface area contributed by atoms with E-state index >= 15 is 0 Å². The van der Waals surface area contributed by atoms with E-state index in [2.05, 4.69) is 21.3 Å². The first-order valence-corrected chi connectivity index (χ1v) is 8.59. The number of aromatic nitrogens is 1. The van der Waals surface area contributed by atoms with Gasteiger partial charge in [0.2, 0.25) is 0 Å². The molecule has 0 aliphatic carbocycles. The molecule has 1 N–H and O–H groups in total. The molecule has 1 aromatic heterocycles. The van der Waals surface area contributed by atoms with Crippen LogP contribution < -0.4 is 10.1 Å². The van der Waals surface area contributed by atoms with Crippen LogP contribution in [0.3, 0.4) is 0 Å². The summed E-state index contributed by atoms with van der Waals surface area (Å²) in [6.45, 7) is 5.37. The average molecular weight is 330 g/mol. The summed E-state index contributed by atoms with van der Waals surface area (Å²) in [6.07, 6.45) is 5.27. The molecule has 6 heteroatoms. The van der Waals surface area contributed by atoms with Gasteiger partial charge in [0, 0.05) is 32.5 Å². The lowest BCUT2D eigenvalue weighted by molar-refractivity contribution is 0.0346. The number of methoxy groups -OCH3 is 2. The smallest absolute Gasteiger partial charge is 0.140 e. The van der Waals surface area contributed by atoms with Crippen LogP contribution in [0.15, 0.2) is 12.3 Å². The molecule has 24 heavy (non-hydrogen) atoms. The van der Waals surface area contributed by atoms with E-state index in [1.54, 1.807) is 20.4 Å². The summed E-state index contributed by atoms with van der Waals surface area (Å²) in [7, 11) is 3.28. The molecule has 0 amide bonds. The summed E-state index contributed by atoms with van der Waals surface area (Å²) in [5.41, 5.74) is 1.79. The third kappa shape index (κ3) is 3.54. The molecule has 2 fully saturated rings. The number of ether oxygens (including phenoxy) is 2. The summed E-state index contributed by atoms with van der Waals surface area (Å²) < 4.78 is 11.0. The minimum atomic E-state index is -0.109. The van der Waals surface area contributed by atoms with E-state index in [1.807, 2.05) is 6.07 Å². The Morgan fingerprint density at radius 3 is 2.75 bits per heavy atom. The van der Waals surface area contributed by atoms with E-state index in [0.29, 0.717) is 16.7 Å². The van der Waals surface area contributed by atoms with Gasteiger partial charge in [0.15, 0.2) is 0 Å². The van der Waals surface area contributed by atoms with E-state index in [4.69, 9.17) is 14.7 Å². The first-order chi connectivity index (χ1) is 11.7. The quantitative estimate of drug-likeness (QED) is 0.886. The maximum Gasteiger partial charge on any atom is 0.140 e. The molecule has 0 bridgehead atoms. The molecule has 130 valence electrons. The first-order valence-electron chi connectivity index (χ1n) is 8.59. The number of rotatable bonds is 5. The molecular formula is C18H26N4O2. The van der Waals surface area contributed by atoms with Gasteiger partial charge in [0.05, 0.1) is 12.8 Å². The normalized spacial score (nSPS) is 21.5. The third-order valence-corrected chi connectivity index (χ3v) is 5.51. The summed E-state index contributed by atoms with van der Waals surface area (Å²) in [4.78, 5) is 6.86. The van der Waals surface area contributed by atoms with Crippen LogP contribution in [-0.2, 0) is 4.74 Å². The van der Waals surface area contributed by atoms with Crippen molar-refractivity contribution in [2.24, 2.45) is 5.41 Å². The molecule has 2 aliphatic rings. The van der Waals surface area contributed by atoms with Gasteiger partial charge in [0.1, 0.15) is 23.5 Å². The Balaban J connectivity index is 1.64. The predicted octanol–water partition coefficient (Wildman–Crippen LogP) is 1.72. The number of likely N-dealkylation sites (tertiary alicyclic amines) is 1. The average Bonchev–Trinajstić information content (AvgIpc) is 3.09. The zero-order chi connectivity index (χ0) is 17.0. The molecule has 3 heterocycles. The number of nitrogens with zero attached hydrogens (tertiary/aromatic N) is 3. The minimum Gasteiger partial charge on any atom is -0.495 e. The Morgan fingerprint density at radius 2 is 2.17 bits per heavy atom. The molecule has 0 saturated carbocycles. The molecule has 1 spiro atoms. The highest BCUT2D eigenvalue weighted by atomic mass is 16.5. The largest absolute Gasteiger partial charge is 0.495 e. The van der Waals surface area contributed by atoms with Crippen molar-refractivity contribution < 1.29 is 9.47 Å². The van der Waals surface area contributed by atoms with Crippen LogP contribution in [-0.4, -0.2) is 56.8 Å². The number of hydrogen-bond donors (Lipinski definition) is 1. The van der Waals surface area contributed by atoms with Gasteiger partial charge in [-0.25, -0.2) is 0 Å². The third-order valence-electron chi connectivity index (χ3n) is 5.51. The Morgan fingerprint density at radius 1 is 1.38 bits per heavy atom. The highest BCUT2D eigenvalue weighted by Crippen LogP contribution is 2.37. The van der Waals surface area contributed by atoms with Crippen molar-refractivity contribution >= 4 is 0 Å². The van der Waals surface area contributed by atoms with Gasteiger partial charge in [-0.2, -0.15) is 5.26 Å². The van der Waals surface area contributed by atoms with E-state index in [0.717, 1.165) is 31.9 Å². The van der Waals surface area contributed by atoms with Crippen molar-refractivity contribution in [2.75, 3.05) is 46.9 Å². The fourth-order valence-corrected chi connectivity index (χ4v) is 3.84.